The van der Waals surface area contributed by atoms with Gasteiger partial charge in [-0.05, 0) is 57.1 Å². The number of nitrogens with one attached hydrogen (secondary N) is 1. The molecule has 2 aliphatic rings. The molecule has 5 nitrogen and oxygen atoms in total. The lowest BCUT2D eigenvalue weighted by Crippen LogP contribution is -2.62. The fourth-order valence-electron chi connectivity index (χ4n) is 3.43. The first-order valence-electron chi connectivity index (χ1n) is 7.90. The normalized spacial score (nSPS) is 37.4. The predicted molar refractivity (Wildman–Crippen MR) is 86.6 cm³/mol. The van der Waals surface area contributed by atoms with Gasteiger partial charge in [0.2, 0.25) is 5.91 Å². The highest BCUT2D eigenvalue weighted by molar-refractivity contribution is 8.01. The third-order valence-electron chi connectivity index (χ3n) is 5.19. The average Bonchev–Trinajstić information content (AvgIpc) is 2.95. The van der Waals surface area contributed by atoms with Crippen molar-refractivity contribution >= 4 is 23.5 Å². The number of carbonyl (C=O) groups is 1. The van der Waals surface area contributed by atoms with E-state index in [9.17, 15) is 4.79 Å². The molecule has 120 valence electrons. The molecule has 0 aromatic carbocycles. The summed E-state index contributed by atoms with van der Waals surface area (Å²) in [5.74, 6) is 1.89. The smallest absolute Gasteiger partial charge is 0.236 e. The Balaban J connectivity index is 2.12. The van der Waals surface area contributed by atoms with Crippen LogP contribution in [-0.4, -0.2) is 33.0 Å². The fourth-order valence-corrected chi connectivity index (χ4v) is 4.64. The number of nitrogens with two attached hydrogens (primary N) is 1. The van der Waals surface area contributed by atoms with Gasteiger partial charge in [0.1, 0.15) is 5.54 Å². The molecule has 6 heteroatoms. The van der Waals surface area contributed by atoms with Crippen molar-refractivity contribution in [3.8, 4) is 0 Å². The number of hydrogen-bond acceptors (Lipinski definition) is 4. The number of hydrogen-bond donors (Lipinski definition) is 3. The number of rotatable bonds is 4. The van der Waals surface area contributed by atoms with E-state index in [2.05, 4.69) is 17.4 Å². The number of nitrogens with zero attached hydrogens (tertiary/aromatic N) is 1. The summed E-state index contributed by atoms with van der Waals surface area (Å²) in [7, 11) is 0. The van der Waals surface area contributed by atoms with Crippen LogP contribution in [0.4, 0.5) is 0 Å². The predicted octanol–water partition coefficient (Wildman–Crippen LogP) is 2.47. The first kappa shape index (κ1) is 16.5. The Labute approximate surface area is 131 Å². The van der Waals surface area contributed by atoms with Gasteiger partial charge in [-0.25, -0.2) is 0 Å². The van der Waals surface area contributed by atoms with Crippen molar-refractivity contribution in [3.63, 3.8) is 0 Å². The molecule has 4 N–H and O–H groups in total. The summed E-state index contributed by atoms with van der Waals surface area (Å²) < 4.78 is -0.371. The number of amides is 1. The third-order valence-corrected chi connectivity index (χ3v) is 6.71. The molecule has 0 radical (unpaired) electrons. The summed E-state index contributed by atoms with van der Waals surface area (Å²) in [5.41, 5.74) is 5.28. The van der Waals surface area contributed by atoms with Crippen LogP contribution >= 0.6 is 11.8 Å². The summed E-state index contributed by atoms with van der Waals surface area (Å²) in [5, 5.41) is 15.5. The first-order chi connectivity index (χ1) is 9.96. The third kappa shape index (κ3) is 3.30. The maximum atomic E-state index is 12.7. The van der Waals surface area contributed by atoms with Crippen molar-refractivity contribution < 1.29 is 10.0 Å². The maximum Gasteiger partial charge on any atom is 0.236 e. The van der Waals surface area contributed by atoms with Gasteiger partial charge in [-0.3, -0.25) is 4.79 Å². The van der Waals surface area contributed by atoms with Crippen molar-refractivity contribution in [2.75, 3.05) is 5.75 Å². The molecule has 1 saturated carbocycles. The van der Waals surface area contributed by atoms with Crippen molar-refractivity contribution in [2.45, 2.75) is 69.1 Å². The number of carbonyl (C=O) groups excluding carboxylic acids is 1. The van der Waals surface area contributed by atoms with Crippen molar-refractivity contribution in [2.24, 2.45) is 16.8 Å². The molecule has 0 bridgehead atoms. The van der Waals surface area contributed by atoms with Gasteiger partial charge in [0.15, 0.2) is 5.84 Å². The Morgan fingerprint density at radius 3 is 2.57 bits per heavy atom. The Bertz CT molecular complexity index is 411. The summed E-state index contributed by atoms with van der Waals surface area (Å²) in [4.78, 5) is 12.7. The zero-order valence-electron chi connectivity index (χ0n) is 13.0. The molecule has 2 rings (SSSR count). The minimum Gasteiger partial charge on any atom is -0.409 e. The maximum absolute atomic E-state index is 12.7. The van der Waals surface area contributed by atoms with Crippen LogP contribution in [0, 0.1) is 5.92 Å². The van der Waals surface area contributed by atoms with Crippen LogP contribution in [0.2, 0.25) is 0 Å². The zero-order chi connectivity index (χ0) is 15.5. The lowest BCUT2D eigenvalue weighted by molar-refractivity contribution is -0.124. The van der Waals surface area contributed by atoms with E-state index in [1.807, 2.05) is 6.92 Å². The molecule has 2 fully saturated rings. The number of amidine groups is 1. The summed E-state index contributed by atoms with van der Waals surface area (Å²) in [6.07, 6.45) is 6.65. The van der Waals surface area contributed by atoms with Crippen LogP contribution in [0.3, 0.4) is 0 Å². The molecule has 21 heavy (non-hydrogen) atoms. The summed E-state index contributed by atoms with van der Waals surface area (Å²) >= 11 is 1.71. The molecule has 1 heterocycles. The van der Waals surface area contributed by atoms with Crippen LogP contribution in [0.5, 0.6) is 0 Å². The quantitative estimate of drug-likeness (QED) is 0.322. The average molecular weight is 313 g/mol. The van der Waals surface area contributed by atoms with Gasteiger partial charge >= 0.3 is 0 Å². The second-order valence-electron chi connectivity index (χ2n) is 6.56. The lowest BCUT2D eigenvalue weighted by atomic mass is 9.74. The van der Waals surface area contributed by atoms with E-state index in [1.54, 1.807) is 11.8 Å². The topological polar surface area (TPSA) is 87.7 Å². The fraction of sp³-hybridized carbons (Fsp3) is 0.867. The molecule has 0 spiro atoms. The van der Waals surface area contributed by atoms with E-state index < -0.39 is 5.54 Å². The van der Waals surface area contributed by atoms with Crippen molar-refractivity contribution in [3.05, 3.63) is 0 Å². The SMILES string of the molecule is CCC1CCC(NC(=O)C2(C)CCCS2)(C(N)=NO)CC1. The Morgan fingerprint density at radius 2 is 2.10 bits per heavy atom. The first-order valence-corrected chi connectivity index (χ1v) is 8.89. The molecule has 1 aliphatic heterocycles. The van der Waals surface area contributed by atoms with Crippen LogP contribution in [0.1, 0.15) is 58.8 Å². The molecule has 1 aliphatic carbocycles. The van der Waals surface area contributed by atoms with E-state index in [0.717, 1.165) is 50.7 Å². The monoisotopic (exact) mass is 313 g/mol. The largest absolute Gasteiger partial charge is 0.409 e. The molecule has 0 aromatic heterocycles. The summed E-state index contributed by atoms with van der Waals surface area (Å²) in [6.45, 7) is 4.19. The van der Waals surface area contributed by atoms with E-state index in [1.165, 1.54) is 0 Å². The van der Waals surface area contributed by atoms with Crippen molar-refractivity contribution in [1.82, 2.24) is 5.32 Å². The minimum absolute atomic E-state index is 0.0338. The molecule has 1 saturated heterocycles. The van der Waals surface area contributed by atoms with Crippen LogP contribution in [-0.2, 0) is 4.79 Å². The molecule has 1 atom stereocenters. The molecular weight excluding hydrogens is 286 g/mol. The standard InChI is InChI=1S/C15H27N3O2S/c1-3-11-5-8-15(9-6-11,12(16)18-20)17-13(19)14(2)7-4-10-21-14/h11,20H,3-10H2,1-2H3,(H2,16,18)(H,17,19). The molecule has 0 aromatic rings. The highest BCUT2D eigenvalue weighted by Gasteiger charge is 2.45. The van der Waals surface area contributed by atoms with E-state index >= 15 is 0 Å². The van der Waals surface area contributed by atoms with Gasteiger partial charge in [0, 0.05) is 0 Å². The van der Waals surface area contributed by atoms with Gasteiger partial charge in [-0.2, -0.15) is 0 Å². The minimum atomic E-state index is -0.663. The van der Waals surface area contributed by atoms with Crippen LogP contribution < -0.4 is 11.1 Å². The molecule has 1 unspecified atom stereocenters. The Hall–Kier alpha value is -0.910. The van der Waals surface area contributed by atoms with E-state index in [-0.39, 0.29) is 16.5 Å². The number of thioether (sulfide) groups is 1. The molecule has 1 amide bonds. The summed E-state index contributed by atoms with van der Waals surface area (Å²) in [6, 6.07) is 0. The van der Waals surface area contributed by atoms with Gasteiger partial charge < -0.3 is 16.3 Å². The lowest BCUT2D eigenvalue weighted by Gasteiger charge is -2.41. The van der Waals surface area contributed by atoms with Crippen LogP contribution in [0.15, 0.2) is 5.16 Å². The van der Waals surface area contributed by atoms with Crippen molar-refractivity contribution in [1.29, 1.82) is 0 Å². The second-order valence-corrected chi connectivity index (χ2v) is 8.15. The van der Waals surface area contributed by atoms with Gasteiger partial charge in [0.25, 0.3) is 0 Å². The van der Waals surface area contributed by atoms with Crippen LogP contribution in [0.25, 0.3) is 0 Å². The van der Waals surface area contributed by atoms with Gasteiger partial charge in [-0.1, -0.05) is 18.5 Å². The zero-order valence-corrected chi connectivity index (χ0v) is 13.8. The Kier molecular flexibility index (Phi) is 5.07. The Morgan fingerprint density at radius 1 is 1.43 bits per heavy atom. The second kappa shape index (κ2) is 6.46. The van der Waals surface area contributed by atoms with E-state index in [0.29, 0.717) is 5.92 Å². The highest BCUT2D eigenvalue weighted by Crippen LogP contribution is 2.40. The molecular formula is C15H27N3O2S. The van der Waals surface area contributed by atoms with Gasteiger partial charge in [-0.15, -0.1) is 11.8 Å². The van der Waals surface area contributed by atoms with E-state index in [4.69, 9.17) is 10.9 Å². The number of oxime groups is 1. The van der Waals surface area contributed by atoms with Gasteiger partial charge in [0.05, 0.1) is 4.75 Å². The highest BCUT2D eigenvalue weighted by atomic mass is 32.2.